The third-order valence-corrected chi connectivity index (χ3v) is 2.77. The van der Waals surface area contributed by atoms with Gasteiger partial charge in [0, 0.05) is 13.1 Å². The maximum Gasteiger partial charge on any atom is 0.326 e. The first-order valence-electron chi connectivity index (χ1n) is 5.27. The van der Waals surface area contributed by atoms with E-state index in [2.05, 4.69) is 16.8 Å². The van der Waals surface area contributed by atoms with E-state index in [4.69, 9.17) is 4.74 Å². The Labute approximate surface area is 93.8 Å². The van der Waals surface area contributed by atoms with Crippen LogP contribution in [0.25, 0.3) is 0 Å². The number of morpholine rings is 1. The van der Waals surface area contributed by atoms with Gasteiger partial charge in [-0.1, -0.05) is 12.7 Å². The Morgan fingerprint density at radius 2 is 2.06 bits per heavy atom. The summed E-state index contributed by atoms with van der Waals surface area (Å²) in [5, 5.41) is 2.26. The molecule has 88 valence electrons. The second-order valence-corrected chi connectivity index (χ2v) is 3.78. The van der Waals surface area contributed by atoms with Gasteiger partial charge in [-0.2, -0.15) is 0 Å². The highest BCUT2D eigenvalue weighted by Gasteiger charge is 2.34. The lowest BCUT2D eigenvalue weighted by Crippen LogP contribution is -2.52. The number of hydrogen-bond acceptors (Lipinski definition) is 4. The number of hydrogen-bond donors (Lipinski definition) is 1. The van der Waals surface area contributed by atoms with Crippen LogP contribution in [0, 0.1) is 0 Å². The van der Waals surface area contributed by atoms with E-state index >= 15 is 0 Å². The van der Waals surface area contributed by atoms with Crippen LogP contribution in [0.1, 0.15) is 0 Å². The van der Waals surface area contributed by atoms with Crippen LogP contribution < -0.4 is 5.32 Å². The molecule has 6 heteroatoms. The Balaban J connectivity index is 2.06. The summed E-state index contributed by atoms with van der Waals surface area (Å²) in [5.41, 5.74) is 0. The lowest BCUT2D eigenvalue weighted by atomic mass is 10.3. The highest BCUT2D eigenvalue weighted by Crippen LogP contribution is 2.13. The number of ether oxygens (including phenoxy) is 1. The van der Waals surface area contributed by atoms with Gasteiger partial charge in [0.05, 0.1) is 13.2 Å². The molecule has 1 N–H and O–H groups in total. The molecule has 0 aliphatic carbocycles. The maximum atomic E-state index is 11.5. The number of urea groups is 1. The van der Waals surface area contributed by atoms with Crippen LogP contribution in [0.3, 0.4) is 0 Å². The normalized spacial score (nSPS) is 24.4. The van der Waals surface area contributed by atoms with Crippen LogP contribution in [0.2, 0.25) is 0 Å². The standard InChI is InChI=1S/C10H15N3O3/c1-2-9(12-3-5-16-6-4-12)13-7-8(14)11-10(13)15/h2,9H,1,3-7H2,(H,11,14,15). The Morgan fingerprint density at radius 3 is 2.56 bits per heavy atom. The van der Waals surface area contributed by atoms with E-state index in [1.807, 2.05) is 0 Å². The van der Waals surface area contributed by atoms with Crippen molar-refractivity contribution < 1.29 is 14.3 Å². The Bertz CT molecular complexity index is 312. The molecule has 2 saturated heterocycles. The summed E-state index contributed by atoms with van der Waals surface area (Å²) in [6.45, 7) is 6.61. The van der Waals surface area contributed by atoms with Gasteiger partial charge in [-0.25, -0.2) is 4.79 Å². The number of imide groups is 1. The number of nitrogens with zero attached hydrogens (tertiary/aromatic N) is 2. The van der Waals surface area contributed by atoms with Crippen LogP contribution in [0.4, 0.5) is 4.79 Å². The van der Waals surface area contributed by atoms with E-state index in [9.17, 15) is 9.59 Å². The third kappa shape index (κ3) is 2.07. The Hall–Kier alpha value is -1.40. The number of amides is 3. The van der Waals surface area contributed by atoms with Gasteiger partial charge >= 0.3 is 6.03 Å². The van der Waals surface area contributed by atoms with Crippen molar-refractivity contribution in [1.82, 2.24) is 15.1 Å². The van der Waals surface area contributed by atoms with Crippen molar-refractivity contribution in [3.63, 3.8) is 0 Å². The topological polar surface area (TPSA) is 61.9 Å². The number of carbonyl (C=O) groups is 2. The highest BCUT2D eigenvalue weighted by atomic mass is 16.5. The minimum absolute atomic E-state index is 0.104. The van der Waals surface area contributed by atoms with Crippen LogP contribution >= 0.6 is 0 Å². The molecule has 2 fully saturated rings. The van der Waals surface area contributed by atoms with Gasteiger partial charge in [-0.3, -0.25) is 19.9 Å². The highest BCUT2D eigenvalue weighted by molar-refractivity contribution is 6.02. The predicted octanol–water partition coefficient (Wildman–Crippen LogP) is -0.617. The van der Waals surface area contributed by atoms with Crippen LogP contribution in [0.5, 0.6) is 0 Å². The van der Waals surface area contributed by atoms with Crippen LogP contribution in [-0.4, -0.2) is 60.8 Å². The largest absolute Gasteiger partial charge is 0.379 e. The fraction of sp³-hybridized carbons (Fsp3) is 0.600. The Kier molecular flexibility index (Phi) is 3.21. The molecule has 0 aromatic rings. The summed E-state index contributed by atoms with van der Waals surface area (Å²) in [7, 11) is 0. The van der Waals surface area contributed by atoms with Gasteiger partial charge in [0.2, 0.25) is 5.91 Å². The van der Waals surface area contributed by atoms with Crippen molar-refractivity contribution in [2.24, 2.45) is 0 Å². The minimum atomic E-state index is -0.346. The van der Waals surface area contributed by atoms with Crippen LogP contribution in [-0.2, 0) is 9.53 Å². The van der Waals surface area contributed by atoms with E-state index < -0.39 is 0 Å². The molecular formula is C10H15N3O3. The number of carbonyl (C=O) groups excluding carboxylic acids is 2. The van der Waals surface area contributed by atoms with Crippen molar-refractivity contribution in [2.45, 2.75) is 6.17 Å². The molecule has 3 amide bonds. The second-order valence-electron chi connectivity index (χ2n) is 3.78. The second kappa shape index (κ2) is 4.63. The third-order valence-electron chi connectivity index (χ3n) is 2.77. The molecule has 16 heavy (non-hydrogen) atoms. The van der Waals surface area contributed by atoms with E-state index in [-0.39, 0.29) is 24.6 Å². The molecule has 0 radical (unpaired) electrons. The average Bonchev–Trinajstić information content (AvgIpc) is 2.61. The monoisotopic (exact) mass is 225 g/mol. The van der Waals surface area contributed by atoms with Gasteiger partial charge in [0.1, 0.15) is 12.7 Å². The SMILES string of the molecule is C=CC(N1CCOCC1)N1CC(=O)NC1=O. The van der Waals surface area contributed by atoms with Gasteiger partial charge in [-0.05, 0) is 0 Å². The summed E-state index contributed by atoms with van der Waals surface area (Å²) < 4.78 is 5.24. The lowest BCUT2D eigenvalue weighted by molar-refractivity contribution is -0.118. The maximum absolute atomic E-state index is 11.5. The first-order chi connectivity index (χ1) is 7.72. The zero-order chi connectivity index (χ0) is 11.5. The zero-order valence-electron chi connectivity index (χ0n) is 9.02. The first-order valence-corrected chi connectivity index (χ1v) is 5.27. The van der Waals surface area contributed by atoms with E-state index in [0.29, 0.717) is 13.2 Å². The molecule has 0 aromatic carbocycles. The van der Waals surface area contributed by atoms with Gasteiger partial charge in [-0.15, -0.1) is 0 Å². The Morgan fingerprint density at radius 1 is 1.38 bits per heavy atom. The van der Waals surface area contributed by atoms with E-state index in [0.717, 1.165) is 13.1 Å². The summed E-state index contributed by atoms with van der Waals surface area (Å²) in [5.74, 6) is -0.259. The van der Waals surface area contributed by atoms with Gasteiger partial charge in [0.15, 0.2) is 0 Å². The molecule has 1 unspecified atom stereocenters. The van der Waals surface area contributed by atoms with Gasteiger partial charge in [0.25, 0.3) is 0 Å². The quantitative estimate of drug-likeness (QED) is 0.514. The molecule has 2 rings (SSSR count). The number of rotatable bonds is 3. The molecular weight excluding hydrogens is 210 g/mol. The summed E-state index contributed by atoms with van der Waals surface area (Å²) in [6, 6.07) is -0.346. The fourth-order valence-electron chi connectivity index (χ4n) is 1.99. The molecule has 2 aliphatic heterocycles. The molecule has 0 spiro atoms. The molecule has 6 nitrogen and oxygen atoms in total. The van der Waals surface area contributed by atoms with Crippen LogP contribution in [0.15, 0.2) is 12.7 Å². The van der Waals surface area contributed by atoms with Crippen molar-refractivity contribution in [2.75, 3.05) is 32.8 Å². The van der Waals surface area contributed by atoms with Crippen molar-refractivity contribution in [1.29, 1.82) is 0 Å². The molecule has 2 heterocycles. The molecule has 1 atom stereocenters. The van der Waals surface area contributed by atoms with Crippen molar-refractivity contribution in [3.05, 3.63) is 12.7 Å². The molecule has 0 aromatic heterocycles. The molecule has 2 aliphatic rings. The zero-order valence-corrected chi connectivity index (χ0v) is 9.02. The van der Waals surface area contributed by atoms with E-state index in [1.54, 1.807) is 6.08 Å². The average molecular weight is 225 g/mol. The molecule has 0 saturated carbocycles. The summed E-state index contributed by atoms with van der Waals surface area (Å²) in [4.78, 5) is 26.2. The van der Waals surface area contributed by atoms with Crippen molar-refractivity contribution in [3.8, 4) is 0 Å². The van der Waals surface area contributed by atoms with Crippen molar-refractivity contribution >= 4 is 11.9 Å². The minimum Gasteiger partial charge on any atom is -0.379 e. The lowest BCUT2D eigenvalue weighted by Gasteiger charge is -2.36. The molecule has 0 bridgehead atoms. The fourth-order valence-corrected chi connectivity index (χ4v) is 1.99. The first kappa shape index (κ1) is 11.1. The smallest absolute Gasteiger partial charge is 0.326 e. The summed E-state index contributed by atoms with van der Waals surface area (Å²) in [6.07, 6.45) is 1.46. The van der Waals surface area contributed by atoms with Gasteiger partial charge < -0.3 is 4.74 Å². The summed E-state index contributed by atoms with van der Waals surface area (Å²) >= 11 is 0. The predicted molar refractivity (Wildman–Crippen MR) is 56.6 cm³/mol. The number of nitrogens with one attached hydrogen (secondary N) is 1. The van der Waals surface area contributed by atoms with E-state index in [1.165, 1.54) is 4.90 Å².